The van der Waals surface area contributed by atoms with Crippen LogP contribution in [0.1, 0.15) is 26.3 Å². The first-order chi connectivity index (χ1) is 17.3. The molecule has 2 N–H and O–H groups in total. The van der Waals surface area contributed by atoms with E-state index in [0.717, 1.165) is 61.5 Å². The highest BCUT2D eigenvalue weighted by Crippen LogP contribution is 2.43. The summed E-state index contributed by atoms with van der Waals surface area (Å²) >= 11 is 0. The zero-order valence-corrected chi connectivity index (χ0v) is 20.9. The van der Waals surface area contributed by atoms with E-state index in [1.807, 2.05) is 62.1 Å². The van der Waals surface area contributed by atoms with E-state index in [2.05, 4.69) is 27.3 Å². The lowest BCUT2D eigenvalue weighted by atomic mass is 9.86. The van der Waals surface area contributed by atoms with Crippen molar-refractivity contribution in [3.63, 3.8) is 0 Å². The lowest BCUT2D eigenvalue weighted by Crippen LogP contribution is -2.35. The summed E-state index contributed by atoms with van der Waals surface area (Å²) in [5.74, 6) is 2.27. The number of H-pyrrole nitrogens is 2. The van der Waals surface area contributed by atoms with E-state index in [0.29, 0.717) is 12.4 Å². The van der Waals surface area contributed by atoms with Crippen LogP contribution in [0.2, 0.25) is 0 Å². The van der Waals surface area contributed by atoms with Crippen LogP contribution < -0.4 is 14.4 Å². The second kappa shape index (κ2) is 7.84. The molecule has 8 nitrogen and oxygen atoms in total. The molecule has 0 spiro atoms. The molecule has 1 aliphatic rings. The number of likely N-dealkylation sites (N-methyl/N-ethyl adjacent to an activating group) is 1. The average Bonchev–Trinajstić information content (AvgIpc) is 3.55. The Morgan fingerprint density at radius 2 is 1.69 bits per heavy atom. The Kier molecular flexibility index (Phi) is 4.83. The van der Waals surface area contributed by atoms with Crippen LogP contribution in [0.15, 0.2) is 48.5 Å². The van der Waals surface area contributed by atoms with Crippen LogP contribution in [0, 0.1) is 0 Å². The first-order valence-electron chi connectivity index (χ1n) is 11.9. The number of aromatic nitrogens is 4. The number of aromatic amines is 2. The standard InChI is InChI=1S/C28H27N5O3/c1-6-33-24-14-23-22(13-20(24)28(2,3)27(33)34)29-26(30-23)25-19-8-7-15(11-21(19)31-32-25)16-9-17(35-4)12-18(10-16)36-5/h7-14H,6H2,1-5H3,(H,29,30)(H,31,32). The second-order valence-corrected chi connectivity index (χ2v) is 9.58. The Bertz CT molecular complexity index is 1640. The molecule has 0 atom stereocenters. The fourth-order valence-electron chi connectivity index (χ4n) is 5.11. The van der Waals surface area contributed by atoms with Crippen molar-refractivity contribution >= 4 is 33.5 Å². The van der Waals surface area contributed by atoms with Crippen LogP contribution in [-0.2, 0) is 10.2 Å². The molecule has 2 aromatic heterocycles. The fraction of sp³-hybridized carbons (Fsp3) is 0.250. The summed E-state index contributed by atoms with van der Waals surface area (Å²) < 4.78 is 10.8. The van der Waals surface area contributed by atoms with Gasteiger partial charge in [-0.2, -0.15) is 5.10 Å². The van der Waals surface area contributed by atoms with E-state index < -0.39 is 5.41 Å². The third-order valence-corrected chi connectivity index (χ3v) is 7.13. The molecule has 36 heavy (non-hydrogen) atoms. The smallest absolute Gasteiger partial charge is 0.237 e. The van der Waals surface area contributed by atoms with E-state index in [4.69, 9.17) is 14.5 Å². The molecule has 0 unspecified atom stereocenters. The maximum absolute atomic E-state index is 12.9. The number of benzene rings is 3. The predicted molar refractivity (Wildman–Crippen MR) is 141 cm³/mol. The molecular formula is C28H27N5O3. The van der Waals surface area contributed by atoms with Gasteiger partial charge in [-0.25, -0.2) is 4.98 Å². The highest BCUT2D eigenvalue weighted by Gasteiger charge is 2.43. The number of hydrogen-bond donors (Lipinski definition) is 2. The van der Waals surface area contributed by atoms with Crippen LogP contribution in [0.5, 0.6) is 11.5 Å². The first-order valence-corrected chi connectivity index (χ1v) is 11.9. The van der Waals surface area contributed by atoms with Crippen molar-refractivity contribution in [3.05, 3.63) is 54.1 Å². The molecule has 0 saturated heterocycles. The van der Waals surface area contributed by atoms with Gasteiger partial charge in [0, 0.05) is 18.0 Å². The number of anilines is 1. The molecule has 0 saturated carbocycles. The minimum atomic E-state index is -0.573. The summed E-state index contributed by atoms with van der Waals surface area (Å²) in [7, 11) is 3.28. The van der Waals surface area contributed by atoms with Gasteiger partial charge < -0.3 is 19.4 Å². The summed E-state index contributed by atoms with van der Waals surface area (Å²) in [4.78, 5) is 23.0. The van der Waals surface area contributed by atoms with E-state index in [1.165, 1.54) is 0 Å². The summed E-state index contributed by atoms with van der Waals surface area (Å²) in [5, 5.41) is 8.70. The monoisotopic (exact) mass is 481 g/mol. The van der Waals surface area contributed by atoms with Gasteiger partial charge in [0.25, 0.3) is 0 Å². The molecule has 3 aromatic carbocycles. The van der Waals surface area contributed by atoms with Gasteiger partial charge in [0.1, 0.15) is 17.2 Å². The Labute approximate surface area is 208 Å². The molecule has 5 aromatic rings. The minimum absolute atomic E-state index is 0.121. The zero-order valence-electron chi connectivity index (χ0n) is 20.9. The SMILES string of the molecule is CCN1C(=O)C(C)(C)c2cc3nc(-c4n[nH]c5cc(-c6cc(OC)cc(OC)c6)ccc45)[nH]c3cc21. The van der Waals surface area contributed by atoms with Gasteiger partial charge in [0.2, 0.25) is 5.91 Å². The highest BCUT2D eigenvalue weighted by molar-refractivity contribution is 6.09. The third-order valence-electron chi connectivity index (χ3n) is 7.13. The largest absolute Gasteiger partial charge is 0.497 e. The number of carbonyl (C=O) groups excluding carboxylic acids is 1. The van der Waals surface area contributed by atoms with Crippen LogP contribution in [0.4, 0.5) is 5.69 Å². The van der Waals surface area contributed by atoms with Gasteiger partial charge >= 0.3 is 0 Å². The van der Waals surface area contributed by atoms with Gasteiger partial charge in [-0.1, -0.05) is 6.07 Å². The van der Waals surface area contributed by atoms with Crippen molar-refractivity contribution in [3.8, 4) is 34.1 Å². The highest BCUT2D eigenvalue weighted by atomic mass is 16.5. The van der Waals surface area contributed by atoms with Gasteiger partial charge in [-0.3, -0.25) is 9.89 Å². The lowest BCUT2D eigenvalue weighted by Gasteiger charge is -2.18. The molecule has 182 valence electrons. The molecule has 1 amide bonds. The number of imidazole rings is 1. The van der Waals surface area contributed by atoms with E-state index >= 15 is 0 Å². The maximum Gasteiger partial charge on any atom is 0.237 e. The molecule has 0 fully saturated rings. The zero-order chi connectivity index (χ0) is 25.2. The summed E-state index contributed by atoms with van der Waals surface area (Å²) in [6, 6.07) is 16.0. The number of methoxy groups -OCH3 is 2. The Morgan fingerprint density at radius 1 is 0.944 bits per heavy atom. The van der Waals surface area contributed by atoms with E-state index in [9.17, 15) is 4.79 Å². The van der Waals surface area contributed by atoms with E-state index in [1.54, 1.807) is 14.2 Å². The number of ether oxygens (including phenoxy) is 2. The fourth-order valence-corrected chi connectivity index (χ4v) is 5.11. The molecule has 0 bridgehead atoms. The number of hydrogen-bond acceptors (Lipinski definition) is 5. The molecule has 0 radical (unpaired) electrons. The summed E-state index contributed by atoms with van der Waals surface area (Å²) in [6.45, 7) is 6.57. The second-order valence-electron chi connectivity index (χ2n) is 9.58. The normalized spacial score (nSPS) is 14.6. The van der Waals surface area contributed by atoms with E-state index in [-0.39, 0.29) is 5.91 Å². The van der Waals surface area contributed by atoms with Crippen LogP contribution in [-0.4, -0.2) is 46.8 Å². The van der Waals surface area contributed by atoms with Gasteiger partial charge in [0.05, 0.1) is 41.9 Å². The molecule has 1 aliphatic heterocycles. The molecule has 3 heterocycles. The first kappa shape index (κ1) is 22.2. The van der Waals surface area contributed by atoms with Crippen LogP contribution >= 0.6 is 0 Å². The third kappa shape index (κ3) is 3.17. The number of rotatable bonds is 5. The Morgan fingerprint density at radius 3 is 2.39 bits per heavy atom. The quantitative estimate of drug-likeness (QED) is 0.349. The van der Waals surface area contributed by atoms with Gasteiger partial charge in [-0.15, -0.1) is 0 Å². The van der Waals surface area contributed by atoms with Crippen molar-refractivity contribution in [2.45, 2.75) is 26.2 Å². The number of amides is 1. The van der Waals surface area contributed by atoms with Gasteiger partial charge in [0.15, 0.2) is 5.82 Å². The van der Waals surface area contributed by atoms with Crippen molar-refractivity contribution in [1.82, 2.24) is 20.2 Å². The molecule has 6 rings (SSSR count). The molecule has 8 heteroatoms. The maximum atomic E-state index is 12.9. The summed E-state index contributed by atoms with van der Waals surface area (Å²) in [6.07, 6.45) is 0. The number of nitrogens with zero attached hydrogens (tertiary/aromatic N) is 3. The van der Waals surface area contributed by atoms with Crippen LogP contribution in [0.25, 0.3) is 44.6 Å². The van der Waals surface area contributed by atoms with Crippen molar-refractivity contribution in [1.29, 1.82) is 0 Å². The van der Waals surface area contributed by atoms with Crippen molar-refractivity contribution < 1.29 is 14.3 Å². The number of fused-ring (bicyclic) bond motifs is 3. The van der Waals surface area contributed by atoms with Crippen LogP contribution in [0.3, 0.4) is 0 Å². The van der Waals surface area contributed by atoms with Gasteiger partial charge in [-0.05, 0) is 73.9 Å². The molecular weight excluding hydrogens is 454 g/mol. The number of nitrogens with one attached hydrogen (secondary N) is 2. The predicted octanol–water partition coefficient (Wildman–Crippen LogP) is 5.43. The van der Waals surface area contributed by atoms with Crippen molar-refractivity contribution in [2.24, 2.45) is 0 Å². The molecule has 0 aliphatic carbocycles. The van der Waals surface area contributed by atoms with Crippen molar-refractivity contribution in [2.75, 3.05) is 25.7 Å². The lowest BCUT2D eigenvalue weighted by molar-refractivity contribution is -0.122. The Hall–Kier alpha value is -4.33. The average molecular weight is 482 g/mol. The Balaban J connectivity index is 1.42. The minimum Gasteiger partial charge on any atom is -0.497 e. The number of carbonyl (C=O) groups is 1. The topological polar surface area (TPSA) is 96.1 Å². The summed E-state index contributed by atoms with van der Waals surface area (Å²) in [5.41, 5.74) is 6.72.